The first-order valence-electron chi connectivity index (χ1n) is 1.76. The summed E-state index contributed by atoms with van der Waals surface area (Å²) < 4.78 is 0. The second kappa shape index (κ2) is 1.15. The van der Waals surface area contributed by atoms with Crippen molar-refractivity contribution in [2.24, 2.45) is 0 Å². The molecule has 0 aromatic rings. The molecule has 1 atom stereocenters. The molecule has 1 N–H and O–H groups in total. The molecule has 3 heteroatoms. The Hall–Kier alpha value is -0.180. The molecular weight excluding hydrogens is 98.1 g/mol. The Kier molecular flexibility index (Phi) is 0.765. The third kappa shape index (κ3) is 0.391. The summed E-state index contributed by atoms with van der Waals surface area (Å²) in [5.74, 6) is 0.0540. The van der Waals surface area contributed by atoms with Gasteiger partial charge in [-0.25, -0.2) is 0 Å². The van der Waals surface area contributed by atoms with Crippen LogP contribution in [0.25, 0.3) is 0 Å². The van der Waals surface area contributed by atoms with E-state index in [-0.39, 0.29) is 11.2 Å². The molecule has 0 saturated carbocycles. The van der Waals surface area contributed by atoms with Crippen molar-refractivity contribution in [2.45, 2.75) is 5.25 Å². The highest BCUT2D eigenvalue weighted by molar-refractivity contribution is 7.82. The van der Waals surface area contributed by atoms with Crippen molar-refractivity contribution in [3.8, 4) is 0 Å². The van der Waals surface area contributed by atoms with Gasteiger partial charge in [0, 0.05) is 6.54 Å². The van der Waals surface area contributed by atoms with Crippen LogP contribution in [0, 0.1) is 0 Å². The summed E-state index contributed by atoms with van der Waals surface area (Å²) in [4.78, 5) is 10.0. The summed E-state index contributed by atoms with van der Waals surface area (Å²) in [6.45, 7) is 0.738. The van der Waals surface area contributed by atoms with E-state index in [1.807, 2.05) is 0 Å². The first-order valence-corrected chi connectivity index (χ1v) is 2.28. The molecule has 1 saturated heterocycles. The van der Waals surface area contributed by atoms with Crippen molar-refractivity contribution >= 4 is 18.5 Å². The highest BCUT2D eigenvalue weighted by Gasteiger charge is 2.22. The molecule has 1 aliphatic heterocycles. The second-order valence-electron chi connectivity index (χ2n) is 1.26. The van der Waals surface area contributed by atoms with E-state index in [9.17, 15) is 4.79 Å². The smallest absolute Gasteiger partial charge is 0.234 e. The second-order valence-corrected chi connectivity index (χ2v) is 1.88. The minimum atomic E-state index is -0.0231. The average molecular weight is 103 g/mol. The average Bonchev–Trinajstić information content (AvgIpc) is 1.61. The number of amides is 1. The van der Waals surface area contributed by atoms with Gasteiger partial charge in [-0.2, -0.15) is 12.6 Å². The third-order valence-electron chi connectivity index (χ3n) is 0.772. The van der Waals surface area contributed by atoms with Crippen molar-refractivity contribution < 1.29 is 4.79 Å². The van der Waals surface area contributed by atoms with E-state index in [0.29, 0.717) is 0 Å². The number of rotatable bonds is 0. The van der Waals surface area contributed by atoms with E-state index in [1.54, 1.807) is 0 Å². The van der Waals surface area contributed by atoms with Gasteiger partial charge in [-0.1, -0.05) is 0 Å². The Morgan fingerprint density at radius 1 is 2.00 bits per heavy atom. The molecule has 1 fully saturated rings. The van der Waals surface area contributed by atoms with Crippen LogP contribution in [0.1, 0.15) is 0 Å². The topological polar surface area (TPSA) is 29.1 Å². The van der Waals surface area contributed by atoms with Crippen molar-refractivity contribution in [3.63, 3.8) is 0 Å². The zero-order valence-corrected chi connectivity index (χ0v) is 4.03. The number of nitrogens with one attached hydrogen (secondary N) is 1. The molecule has 0 aliphatic carbocycles. The fraction of sp³-hybridized carbons (Fsp3) is 0.667. The van der Waals surface area contributed by atoms with E-state index < -0.39 is 0 Å². The van der Waals surface area contributed by atoms with Gasteiger partial charge < -0.3 is 5.32 Å². The Morgan fingerprint density at radius 2 is 2.50 bits per heavy atom. The van der Waals surface area contributed by atoms with Gasteiger partial charge in [0.1, 0.15) is 0 Å². The van der Waals surface area contributed by atoms with Crippen molar-refractivity contribution in [2.75, 3.05) is 6.54 Å². The van der Waals surface area contributed by atoms with Gasteiger partial charge in [-0.3, -0.25) is 4.79 Å². The SMILES string of the molecule is O=C1NC[C@@H]1S. The fourth-order valence-electron chi connectivity index (χ4n) is 0.277. The van der Waals surface area contributed by atoms with Gasteiger partial charge in [0.2, 0.25) is 5.91 Å². The molecule has 0 aromatic carbocycles. The number of carbonyl (C=O) groups is 1. The van der Waals surface area contributed by atoms with Crippen molar-refractivity contribution in [1.82, 2.24) is 5.32 Å². The lowest BCUT2D eigenvalue weighted by Crippen LogP contribution is -2.49. The molecule has 34 valence electrons. The molecule has 0 unspecified atom stereocenters. The van der Waals surface area contributed by atoms with Crippen LogP contribution in [0.2, 0.25) is 0 Å². The van der Waals surface area contributed by atoms with E-state index in [4.69, 9.17) is 0 Å². The van der Waals surface area contributed by atoms with Crippen LogP contribution in [0.4, 0.5) is 0 Å². The maximum Gasteiger partial charge on any atom is 0.234 e. The number of hydrogen-bond donors (Lipinski definition) is 2. The zero-order valence-electron chi connectivity index (χ0n) is 3.14. The largest absolute Gasteiger partial charge is 0.353 e. The molecule has 1 aliphatic rings. The van der Waals surface area contributed by atoms with Crippen LogP contribution >= 0.6 is 12.6 Å². The summed E-state index contributed by atoms with van der Waals surface area (Å²) in [6, 6.07) is 0. The number of β-lactam (4-membered cyclic amide) rings is 1. The Labute approximate surface area is 41.3 Å². The lowest BCUT2D eigenvalue weighted by atomic mass is 10.3. The summed E-state index contributed by atoms with van der Waals surface area (Å²) in [6.07, 6.45) is 0. The molecule has 6 heavy (non-hydrogen) atoms. The van der Waals surface area contributed by atoms with Crippen LogP contribution in [-0.4, -0.2) is 17.7 Å². The van der Waals surface area contributed by atoms with E-state index in [2.05, 4.69) is 17.9 Å². The van der Waals surface area contributed by atoms with Crippen LogP contribution in [0.15, 0.2) is 0 Å². The van der Waals surface area contributed by atoms with Crippen LogP contribution in [0.5, 0.6) is 0 Å². The maximum atomic E-state index is 10.0. The number of hydrogen-bond acceptors (Lipinski definition) is 2. The monoisotopic (exact) mass is 103 g/mol. The van der Waals surface area contributed by atoms with Gasteiger partial charge in [-0.15, -0.1) is 0 Å². The zero-order chi connectivity index (χ0) is 4.57. The van der Waals surface area contributed by atoms with E-state index in [0.717, 1.165) is 6.54 Å². The van der Waals surface area contributed by atoms with Gasteiger partial charge in [0.15, 0.2) is 0 Å². The lowest BCUT2D eigenvalue weighted by Gasteiger charge is -2.19. The van der Waals surface area contributed by atoms with Gasteiger partial charge in [0.05, 0.1) is 5.25 Å². The Morgan fingerprint density at radius 3 is 2.50 bits per heavy atom. The summed E-state index contributed by atoms with van der Waals surface area (Å²) in [5, 5.41) is 2.52. The normalized spacial score (nSPS) is 31.5. The number of carbonyl (C=O) groups excluding carboxylic acids is 1. The Bertz CT molecular complexity index is 82.9. The van der Waals surface area contributed by atoms with E-state index >= 15 is 0 Å². The molecule has 0 radical (unpaired) electrons. The first-order chi connectivity index (χ1) is 2.80. The quantitative estimate of drug-likeness (QED) is 0.311. The highest BCUT2D eigenvalue weighted by Crippen LogP contribution is 2.00. The lowest BCUT2D eigenvalue weighted by molar-refractivity contribution is -0.124. The minimum Gasteiger partial charge on any atom is -0.353 e. The first kappa shape index (κ1) is 3.99. The van der Waals surface area contributed by atoms with Gasteiger partial charge >= 0.3 is 0 Å². The number of thiol groups is 1. The van der Waals surface area contributed by atoms with Crippen LogP contribution in [0.3, 0.4) is 0 Å². The molecule has 2 nitrogen and oxygen atoms in total. The molecule has 1 rings (SSSR count). The Balaban J connectivity index is 2.39. The minimum absolute atomic E-state index is 0.0231. The predicted octanol–water partition coefficient (Wildman–Crippen LogP) is -0.585. The van der Waals surface area contributed by atoms with Gasteiger partial charge in [0.25, 0.3) is 0 Å². The summed E-state index contributed by atoms with van der Waals surface area (Å²) >= 11 is 3.87. The van der Waals surface area contributed by atoms with E-state index in [1.165, 1.54) is 0 Å². The van der Waals surface area contributed by atoms with Gasteiger partial charge in [-0.05, 0) is 0 Å². The third-order valence-corrected chi connectivity index (χ3v) is 1.19. The van der Waals surface area contributed by atoms with Crippen molar-refractivity contribution in [3.05, 3.63) is 0 Å². The summed E-state index contributed by atoms with van der Waals surface area (Å²) in [5.41, 5.74) is 0. The molecule has 0 aromatic heterocycles. The summed E-state index contributed by atoms with van der Waals surface area (Å²) in [7, 11) is 0. The molecule has 1 amide bonds. The highest BCUT2D eigenvalue weighted by atomic mass is 32.1. The maximum absolute atomic E-state index is 10.0. The molecule has 0 spiro atoms. The predicted molar refractivity (Wildman–Crippen MR) is 25.8 cm³/mol. The fourth-order valence-corrected chi connectivity index (χ4v) is 0.459. The molecular formula is C3H5NOS. The van der Waals surface area contributed by atoms with Crippen LogP contribution < -0.4 is 5.32 Å². The molecule has 1 heterocycles. The standard InChI is InChI=1S/C3H5NOS/c5-3-2(6)1-4-3/h2,6H,1H2,(H,4,5)/t2-/m0/s1. The molecule has 0 bridgehead atoms. The van der Waals surface area contributed by atoms with Crippen LogP contribution in [-0.2, 0) is 4.79 Å². The van der Waals surface area contributed by atoms with Crippen molar-refractivity contribution in [1.29, 1.82) is 0 Å².